The molecule has 0 amide bonds. The van der Waals surface area contributed by atoms with Gasteiger partial charge in [0.1, 0.15) is 0 Å². The van der Waals surface area contributed by atoms with E-state index in [2.05, 4.69) is 15.9 Å². The fourth-order valence-electron chi connectivity index (χ4n) is 1.46. The summed E-state index contributed by atoms with van der Waals surface area (Å²) < 4.78 is 5.54. The SMILES string of the molecule is OC(CBr)CCCCOCc1ccccc1Cl. The summed E-state index contributed by atoms with van der Waals surface area (Å²) in [6.45, 7) is 1.26. The second-order valence-corrected chi connectivity index (χ2v) is 5.00. The zero-order valence-electron chi connectivity index (χ0n) is 9.74. The van der Waals surface area contributed by atoms with Crippen LogP contribution in [0.5, 0.6) is 0 Å². The van der Waals surface area contributed by atoms with E-state index in [1.54, 1.807) is 0 Å². The van der Waals surface area contributed by atoms with Crippen molar-refractivity contribution >= 4 is 27.5 Å². The van der Waals surface area contributed by atoms with Crippen molar-refractivity contribution in [2.45, 2.75) is 32.0 Å². The van der Waals surface area contributed by atoms with Crippen molar-refractivity contribution in [3.05, 3.63) is 34.9 Å². The molecule has 0 fully saturated rings. The smallest absolute Gasteiger partial charge is 0.0731 e. The van der Waals surface area contributed by atoms with Gasteiger partial charge >= 0.3 is 0 Å². The zero-order valence-corrected chi connectivity index (χ0v) is 12.1. The maximum absolute atomic E-state index is 9.32. The Kier molecular flexibility index (Phi) is 7.86. The highest BCUT2D eigenvalue weighted by Gasteiger charge is 2.01. The number of aliphatic hydroxyl groups excluding tert-OH is 1. The lowest BCUT2D eigenvalue weighted by molar-refractivity contribution is 0.112. The first-order valence-corrected chi connectivity index (χ1v) is 7.29. The highest BCUT2D eigenvalue weighted by Crippen LogP contribution is 2.15. The molecule has 0 aromatic heterocycles. The molecule has 17 heavy (non-hydrogen) atoms. The van der Waals surface area contributed by atoms with E-state index >= 15 is 0 Å². The summed E-state index contributed by atoms with van der Waals surface area (Å²) in [7, 11) is 0. The van der Waals surface area contributed by atoms with Crippen molar-refractivity contribution in [2.24, 2.45) is 0 Å². The number of unbranched alkanes of at least 4 members (excludes halogenated alkanes) is 1. The molecule has 1 N–H and O–H groups in total. The third-order valence-corrected chi connectivity index (χ3v) is 3.59. The topological polar surface area (TPSA) is 29.5 Å². The molecule has 1 unspecified atom stereocenters. The first-order chi connectivity index (χ1) is 8.24. The van der Waals surface area contributed by atoms with Crippen molar-refractivity contribution in [3.8, 4) is 0 Å². The van der Waals surface area contributed by atoms with Gasteiger partial charge in [-0.3, -0.25) is 0 Å². The van der Waals surface area contributed by atoms with E-state index in [4.69, 9.17) is 16.3 Å². The van der Waals surface area contributed by atoms with E-state index in [0.717, 1.165) is 29.8 Å². The Bertz CT molecular complexity index is 320. The van der Waals surface area contributed by atoms with Crippen LogP contribution in [0.25, 0.3) is 0 Å². The average Bonchev–Trinajstić information content (AvgIpc) is 2.35. The first kappa shape index (κ1) is 15.0. The quantitative estimate of drug-likeness (QED) is 0.583. The van der Waals surface area contributed by atoms with Crippen LogP contribution >= 0.6 is 27.5 Å². The number of ether oxygens (including phenoxy) is 1. The van der Waals surface area contributed by atoms with Crippen molar-refractivity contribution in [2.75, 3.05) is 11.9 Å². The molecule has 1 atom stereocenters. The van der Waals surface area contributed by atoms with E-state index in [-0.39, 0.29) is 6.10 Å². The monoisotopic (exact) mass is 320 g/mol. The number of benzene rings is 1. The number of rotatable bonds is 8. The molecule has 0 aliphatic heterocycles. The van der Waals surface area contributed by atoms with Crippen molar-refractivity contribution in [1.82, 2.24) is 0 Å². The van der Waals surface area contributed by atoms with Gasteiger partial charge in [-0.2, -0.15) is 0 Å². The summed E-state index contributed by atoms with van der Waals surface area (Å²) in [6, 6.07) is 7.70. The van der Waals surface area contributed by atoms with Crippen LogP contribution in [0, 0.1) is 0 Å². The van der Waals surface area contributed by atoms with Crippen LogP contribution in [0.15, 0.2) is 24.3 Å². The number of hydrogen-bond acceptors (Lipinski definition) is 2. The van der Waals surface area contributed by atoms with Gasteiger partial charge in [0, 0.05) is 17.0 Å². The van der Waals surface area contributed by atoms with E-state index in [0.29, 0.717) is 18.5 Å². The normalized spacial score (nSPS) is 12.6. The minimum atomic E-state index is -0.237. The molecule has 0 saturated heterocycles. The summed E-state index contributed by atoms with van der Waals surface area (Å²) in [5.74, 6) is 0. The predicted molar refractivity (Wildman–Crippen MR) is 74.8 cm³/mol. The van der Waals surface area contributed by atoms with Crippen LogP contribution in [0.3, 0.4) is 0 Å². The number of halogens is 2. The van der Waals surface area contributed by atoms with Gasteiger partial charge in [0.2, 0.25) is 0 Å². The Labute approximate surface area is 116 Å². The molecule has 96 valence electrons. The van der Waals surface area contributed by atoms with Crippen LogP contribution in [0.4, 0.5) is 0 Å². The zero-order chi connectivity index (χ0) is 12.5. The van der Waals surface area contributed by atoms with Gasteiger partial charge < -0.3 is 9.84 Å². The van der Waals surface area contributed by atoms with Gasteiger partial charge in [0.05, 0.1) is 12.7 Å². The van der Waals surface area contributed by atoms with Crippen molar-refractivity contribution in [3.63, 3.8) is 0 Å². The van der Waals surface area contributed by atoms with Crippen LogP contribution in [-0.2, 0) is 11.3 Å². The molecular formula is C13H18BrClO2. The van der Waals surface area contributed by atoms with Crippen molar-refractivity contribution in [1.29, 1.82) is 0 Å². The fraction of sp³-hybridized carbons (Fsp3) is 0.538. The lowest BCUT2D eigenvalue weighted by Crippen LogP contribution is -2.07. The molecule has 0 spiro atoms. The number of alkyl halides is 1. The molecule has 0 aliphatic rings. The lowest BCUT2D eigenvalue weighted by atomic mass is 10.2. The summed E-state index contributed by atoms with van der Waals surface area (Å²) in [4.78, 5) is 0. The molecule has 1 rings (SSSR count). The number of aliphatic hydroxyl groups is 1. The van der Waals surface area contributed by atoms with E-state index < -0.39 is 0 Å². The molecule has 0 bridgehead atoms. The molecule has 0 saturated carbocycles. The summed E-state index contributed by atoms with van der Waals surface area (Å²) >= 11 is 9.25. The molecule has 0 radical (unpaired) electrons. The Morgan fingerprint density at radius 3 is 2.76 bits per heavy atom. The third kappa shape index (κ3) is 6.41. The van der Waals surface area contributed by atoms with Crippen LogP contribution in [-0.4, -0.2) is 23.1 Å². The predicted octanol–water partition coefficient (Wildman–Crippen LogP) is 3.78. The highest BCUT2D eigenvalue weighted by molar-refractivity contribution is 9.09. The van der Waals surface area contributed by atoms with Crippen LogP contribution in [0.1, 0.15) is 24.8 Å². The third-order valence-electron chi connectivity index (χ3n) is 2.47. The Morgan fingerprint density at radius 1 is 1.29 bits per heavy atom. The summed E-state index contributed by atoms with van der Waals surface area (Å²) in [5.41, 5.74) is 1.02. The lowest BCUT2D eigenvalue weighted by Gasteiger charge is -2.07. The van der Waals surface area contributed by atoms with Gasteiger partial charge in [0.25, 0.3) is 0 Å². The Morgan fingerprint density at radius 2 is 2.06 bits per heavy atom. The van der Waals surface area contributed by atoms with Crippen molar-refractivity contribution < 1.29 is 9.84 Å². The molecule has 1 aromatic carbocycles. The van der Waals surface area contributed by atoms with Crippen LogP contribution < -0.4 is 0 Å². The molecular weight excluding hydrogens is 303 g/mol. The maximum Gasteiger partial charge on any atom is 0.0731 e. The molecule has 0 heterocycles. The van der Waals surface area contributed by atoms with Gasteiger partial charge in [-0.15, -0.1) is 0 Å². The molecule has 2 nitrogen and oxygen atoms in total. The molecule has 0 aliphatic carbocycles. The molecule has 1 aromatic rings. The standard InChI is InChI=1S/C13H18BrClO2/c14-9-12(16)6-3-4-8-17-10-11-5-1-2-7-13(11)15/h1-2,5,7,12,16H,3-4,6,8-10H2. The van der Waals surface area contributed by atoms with Crippen LogP contribution in [0.2, 0.25) is 5.02 Å². The minimum absolute atomic E-state index is 0.237. The maximum atomic E-state index is 9.32. The van der Waals surface area contributed by atoms with E-state index in [1.165, 1.54) is 0 Å². The second-order valence-electron chi connectivity index (χ2n) is 3.95. The second kappa shape index (κ2) is 8.92. The average molecular weight is 322 g/mol. The summed E-state index contributed by atoms with van der Waals surface area (Å²) in [5, 5.41) is 10.7. The Balaban J connectivity index is 2.07. The van der Waals surface area contributed by atoms with Gasteiger partial charge in [-0.1, -0.05) is 45.7 Å². The highest BCUT2D eigenvalue weighted by atomic mass is 79.9. The minimum Gasteiger partial charge on any atom is -0.392 e. The van der Waals surface area contributed by atoms with Gasteiger partial charge in [0.15, 0.2) is 0 Å². The number of hydrogen-bond donors (Lipinski definition) is 1. The van der Waals surface area contributed by atoms with E-state index in [1.807, 2.05) is 24.3 Å². The fourth-order valence-corrected chi connectivity index (χ4v) is 1.97. The van der Waals surface area contributed by atoms with Gasteiger partial charge in [-0.05, 0) is 30.9 Å². The first-order valence-electron chi connectivity index (χ1n) is 5.79. The summed E-state index contributed by atoms with van der Waals surface area (Å²) in [6.07, 6.45) is 2.53. The Hall–Kier alpha value is -0.0900. The van der Waals surface area contributed by atoms with Gasteiger partial charge in [-0.25, -0.2) is 0 Å². The largest absolute Gasteiger partial charge is 0.392 e. The van der Waals surface area contributed by atoms with E-state index in [9.17, 15) is 5.11 Å². The molecule has 4 heteroatoms.